The Hall–Kier alpha value is -3.66. The third-order valence-electron chi connectivity index (χ3n) is 4.86. The van der Waals surface area contributed by atoms with Crippen LogP contribution in [0.3, 0.4) is 0 Å². The SMILES string of the molecule is CCCOc1ccc(/C=C2\SC(=O)N(CC(=O)Nc3ccc4c(c3)OCO4)C2=O)cc1OCC. The van der Waals surface area contributed by atoms with E-state index in [4.69, 9.17) is 18.9 Å². The number of thioether (sulfide) groups is 1. The molecule has 2 aromatic rings. The van der Waals surface area contributed by atoms with Crippen molar-refractivity contribution in [1.82, 2.24) is 4.90 Å². The molecule has 0 atom stereocenters. The number of fused-ring (bicyclic) bond motifs is 1. The molecule has 0 saturated carbocycles. The minimum Gasteiger partial charge on any atom is -0.490 e. The van der Waals surface area contributed by atoms with Gasteiger partial charge in [0, 0.05) is 11.8 Å². The first-order valence-electron chi connectivity index (χ1n) is 10.8. The van der Waals surface area contributed by atoms with Crippen molar-refractivity contribution >= 4 is 40.6 Å². The lowest BCUT2D eigenvalue weighted by Gasteiger charge is -2.13. The van der Waals surface area contributed by atoms with Crippen LogP contribution in [-0.4, -0.2) is 48.5 Å². The van der Waals surface area contributed by atoms with E-state index in [1.807, 2.05) is 13.8 Å². The molecule has 0 radical (unpaired) electrons. The molecule has 2 aromatic carbocycles. The zero-order valence-corrected chi connectivity index (χ0v) is 19.6. The number of amides is 3. The van der Waals surface area contributed by atoms with Gasteiger partial charge in [0.2, 0.25) is 12.7 Å². The smallest absolute Gasteiger partial charge is 0.294 e. The normalized spacial score (nSPS) is 15.7. The average molecular weight is 485 g/mol. The molecule has 2 aliphatic rings. The highest BCUT2D eigenvalue weighted by molar-refractivity contribution is 8.18. The van der Waals surface area contributed by atoms with Crippen LogP contribution in [0.5, 0.6) is 23.0 Å². The van der Waals surface area contributed by atoms with Gasteiger partial charge in [-0.3, -0.25) is 19.3 Å². The van der Waals surface area contributed by atoms with Crippen molar-refractivity contribution in [1.29, 1.82) is 0 Å². The van der Waals surface area contributed by atoms with Crippen LogP contribution in [0.4, 0.5) is 10.5 Å². The van der Waals surface area contributed by atoms with Gasteiger partial charge in [0.05, 0.1) is 18.1 Å². The fraction of sp³-hybridized carbons (Fsp3) is 0.292. The van der Waals surface area contributed by atoms with Crippen LogP contribution in [0, 0.1) is 0 Å². The zero-order valence-electron chi connectivity index (χ0n) is 18.8. The standard InChI is InChI=1S/C24H24N2O7S/c1-3-9-31-17-7-5-15(10-19(17)30-4-2)11-21-23(28)26(24(29)34-21)13-22(27)25-16-6-8-18-20(12-16)33-14-32-18/h5-8,10-12H,3-4,9,13-14H2,1-2H3,(H,25,27)/b21-11-. The molecule has 0 unspecified atom stereocenters. The number of imide groups is 1. The van der Waals surface area contributed by atoms with Gasteiger partial charge in [0.1, 0.15) is 6.54 Å². The minimum atomic E-state index is -0.528. The van der Waals surface area contributed by atoms with E-state index in [0.717, 1.165) is 23.1 Å². The van der Waals surface area contributed by atoms with Crippen LogP contribution in [0.1, 0.15) is 25.8 Å². The van der Waals surface area contributed by atoms with E-state index in [1.54, 1.807) is 42.5 Å². The molecule has 0 aromatic heterocycles. The summed E-state index contributed by atoms with van der Waals surface area (Å²) in [5, 5.41) is 2.16. The van der Waals surface area contributed by atoms with E-state index >= 15 is 0 Å². The van der Waals surface area contributed by atoms with Gasteiger partial charge in [-0.1, -0.05) is 13.0 Å². The molecule has 2 aliphatic heterocycles. The average Bonchev–Trinajstić information content (AvgIpc) is 3.38. The lowest BCUT2D eigenvalue weighted by Crippen LogP contribution is -2.36. The Morgan fingerprint density at radius 1 is 1.09 bits per heavy atom. The summed E-state index contributed by atoms with van der Waals surface area (Å²) in [6.07, 6.45) is 2.47. The monoisotopic (exact) mass is 484 g/mol. The van der Waals surface area contributed by atoms with Crippen molar-refractivity contribution in [2.75, 3.05) is 31.9 Å². The second-order valence-corrected chi connectivity index (χ2v) is 8.36. The highest BCUT2D eigenvalue weighted by Gasteiger charge is 2.36. The molecule has 0 spiro atoms. The van der Waals surface area contributed by atoms with Gasteiger partial charge in [0.25, 0.3) is 11.1 Å². The van der Waals surface area contributed by atoms with Gasteiger partial charge >= 0.3 is 0 Å². The summed E-state index contributed by atoms with van der Waals surface area (Å²) in [7, 11) is 0. The summed E-state index contributed by atoms with van der Waals surface area (Å²) in [4.78, 5) is 38.9. The third-order valence-corrected chi connectivity index (χ3v) is 5.77. The molecular formula is C24H24N2O7S. The van der Waals surface area contributed by atoms with Gasteiger partial charge in [0.15, 0.2) is 23.0 Å². The van der Waals surface area contributed by atoms with Gasteiger partial charge in [-0.05, 0) is 61.0 Å². The number of carbonyl (C=O) groups excluding carboxylic acids is 3. The van der Waals surface area contributed by atoms with Crippen molar-refractivity contribution in [3.63, 3.8) is 0 Å². The first kappa shape index (κ1) is 23.5. The van der Waals surface area contributed by atoms with Crippen molar-refractivity contribution < 1.29 is 33.3 Å². The molecule has 34 heavy (non-hydrogen) atoms. The van der Waals surface area contributed by atoms with Crippen LogP contribution in [0.15, 0.2) is 41.3 Å². The quantitative estimate of drug-likeness (QED) is 0.526. The molecule has 2 heterocycles. The van der Waals surface area contributed by atoms with Crippen LogP contribution in [0.25, 0.3) is 6.08 Å². The molecule has 0 bridgehead atoms. The fourth-order valence-corrected chi connectivity index (χ4v) is 4.16. The van der Waals surface area contributed by atoms with Gasteiger partial charge in [-0.25, -0.2) is 0 Å². The number of benzene rings is 2. The molecular weight excluding hydrogens is 460 g/mol. The first-order valence-corrected chi connectivity index (χ1v) is 11.6. The van der Waals surface area contributed by atoms with Gasteiger partial charge in [-0.2, -0.15) is 0 Å². The Balaban J connectivity index is 1.43. The Labute approximate surface area is 201 Å². The van der Waals surface area contributed by atoms with E-state index in [2.05, 4.69) is 5.32 Å². The first-order chi connectivity index (χ1) is 16.5. The molecule has 4 rings (SSSR count). The van der Waals surface area contributed by atoms with Crippen molar-refractivity contribution in [2.45, 2.75) is 20.3 Å². The van der Waals surface area contributed by atoms with Crippen LogP contribution >= 0.6 is 11.8 Å². The Morgan fingerprint density at radius 2 is 1.91 bits per heavy atom. The van der Waals surface area contributed by atoms with Crippen LogP contribution in [0.2, 0.25) is 0 Å². The zero-order chi connectivity index (χ0) is 24.1. The number of nitrogens with one attached hydrogen (secondary N) is 1. The molecule has 1 N–H and O–H groups in total. The number of ether oxygens (including phenoxy) is 4. The summed E-state index contributed by atoms with van der Waals surface area (Å²) < 4.78 is 21.9. The largest absolute Gasteiger partial charge is 0.490 e. The maximum absolute atomic E-state index is 12.8. The topological polar surface area (TPSA) is 103 Å². The van der Waals surface area contributed by atoms with Crippen molar-refractivity contribution in [2.24, 2.45) is 0 Å². The number of hydrogen-bond acceptors (Lipinski definition) is 8. The van der Waals surface area contributed by atoms with E-state index in [9.17, 15) is 14.4 Å². The van der Waals surface area contributed by atoms with Crippen LogP contribution in [-0.2, 0) is 9.59 Å². The summed E-state index contributed by atoms with van der Waals surface area (Å²) in [6, 6.07) is 10.3. The minimum absolute atomic E-state index is 0.121. The van der Waals surface area contributed by atoms with E-state index in [1.165, 1.54) is 0 Å². The summed E-state index contributed by atoms with van der Waals surface area (Å²) in [5.74, 6) is 1.26. The Kier molecular flexibility index (Phi) is 7.27. The third kappa shape index (κ3) is 5.28. The highest BCUT2D eigenvalue weighted by atomic mass is 32.2. The van der Waals surface area contributed by atoms with E-state index in [-0.39, 0.29) is 11.7 Å². The number of nitrogens with zero attached hydrogens (tertiary/aromatic N) is 1. The molecule has 1 fully saturated rings. The van der Waals surface area contributed by atoms with Gasteiger partial charge < -0.3 is 24.3 Å². The van der Waals surface area contributed by atoms with E-state index < -0.39 is 23.6 Å². The molecule has 178 valence electrons. The molecule has 3 amide bonds. The van der Waals surface area contributed by atoms with Crippen molar-refractivity contribution in [3.8, 4) is 23.0 Å². The second kappa shape index (κ2) is 10.5. The maximum Gasteiger partial charge on any atom is 0.294 e. The summed E-state index contributed by atoms with van der Waals surface area (Å²) >= 11 is 0.788. The van der Waals surface area contributed by atoms with E-state index in [0.29, 0.717) is 47.5 Å². The second-order valence-electron chi connectivity index (χ2n) is 7.37. The van der Waals surface area contributed by atoms with Crippen LogP contribution < -0.4 is 24.3 Å². The predicted octanol–water partition coefficient (Wildman–Crippen LogP) is 4.28. The Bertz CT molecular complexity index is 1150. The lowest BCUT2D eigenvalue weighted by atomic mass is 10.2. The number of carbonyl (C=O) groups is 3. The molecule has 1 saturated heterocycles. The maximum atomic E-state index is 12.8. The number of rotatable bonds is 9. The number of anilines is 1. The molecule has 9 nitrogen and oxygen atoms in total. The Morgan fingerprint density at radius 3 is 2.71 bits per heavy atom. The summed E-state index contributed by atoms with van der Waals surface area (Å²) in [5.41, 5.74) is 1.16. The van der Waals surface area contributed by atoms with Crippen molar-refractivity contribution in [3.05, 3.63) is 46.9 Å². The molecule has 10 heteroatoms. The summed E-state index contributed by atoms with van der Waals surface area (Å²) in [6.45, 7) is 4.63. The molecule has 0 aliphatic carbocycles. The lowest BCUT2D eigenvalue weighted by molar-refractivity contribution is -0.127. The number of hydrogen-bond donors (Lipinski definition) is 1. The highest BCUT2D eigenvalue weighted by Crippen LogP contribution is 2.36. The fourth-order valence-electron chi connectivity index (χ4n) is 3.32. The van der Waals surface area contributed by atoms with Gasteiger partial charge in [-0.15, -0.1) is 0 Å². The predicted molar refractivity (Wildman–Crippen MR) is 127 cm³/mol.